The molecule has 3 heteroatoms. The van der Waals surface area contributed by atoms with Crippen LogP contribution in [0.1, 0.15) is 58.8 Å². The van der Waals surface area contributed by atoms with Gasteiger partial charge in [-0.05, 0) is 57.5 Å². The lowest BCUT2D eigenvalue weighted by atomic mass is 9.75. The highest BCUT2D eigenvalue weighted by Crippen LogP contribution is 2.36. The highest BCUT2D eigenvalue weighted by Gasteiger charge is 2.28. The van der Waals surface area contributed by atoms with Crippen LogP contribution in [-0.2, 0) is 4.79 Å². The molecule has 1 saturated carbocycles. The second-order valence-corrected chi connectivity index (χ2v) is 6.23. The van der Waals surface area contributed by atoms with Gasteiger partial charge in [0.25, 0.3) is 0 Å². The van der Waals surface area contributed by atoms with Crippen molar-refractivity contribution in [3.63, 3.8) is 0 Å². The van der Waals surface area contributed by atoms with Crippen molar-refractivity contribution in [3.05, 3.63) is 0 Å². The van der Waals surface area contributed by atoms with Crippen LogP contribution in [0.2, 0.25) is 0 Å². The maximum Gasteiger partial charge on any atom is 0.303 e. The topological polar surface area (TPSA) is 40.5 Å². The molecular formula is C14H27NO2. The number of unbranched alkanes of at least 4 members (excludes halogenated alkanes) is 1. The first kappa shape index (κ1) is 14.5. The minimum atomic E-state index is -0.674. The van der Waals surface area contributed by atoms with Crippen LogP contribution in [0, 0.1) is 5.41 Å². The van der Waals surface area contributed by atoms with Crippen molar-refractivity contribution < 1.29 is 9.90 Å². The standard InChI is InChI=1S/C14H27NO2/c1-14(2)9-7-12(8-10-14)15(3)11-5-4-6-13(16)17/h12H,4-11H2,1-3H3,(H,16,17). The second-order valence-electron chi connectivity index (χ2n) is 6.23. The van der Waals surface area contributed by atoms with Crippen LogP contribution in [0.25, 0.3) is 0 Å². The molecule has 0 heterocycles. The molecular weight excluding hydrogens is 214 g/mol. The normalized spacial score (nSPS) is 20.7. The number of carbonyl (C=O) groups is 1. The first-order valence-electron chi connectivity index (χ1n) is 6.83. The van der Waals surface area contributed by atoms with E-state index in [2.05, 4.69) is 25.8 Å². The van der Waals surface area contributed by atoms with Crippen molar-refractivity contribution in [1.29, 1.82) is 0 Å². The minimum absolute atomic E-state index is 0.311. The van der Waals surface area contributed by atoms with Crippen LogP contribution < -0.4 is 0 Å². The Labute approximate surface area is 105 Å². The molecule has 0 aromatic heterocycles. The average Bonchev–Trinajstić information content (AvgIpc) is 2.23. The summed E-state index contributed by atoms with van der Waals surface area (Å²) in [4.78, 5) is 12.8. The van der Waals surface area contributed by atoms with E-state index in [1.54, 1.807) is 0 Å². The van der Waals surface area contributed by atoms with Crippen LogP contribution >= 0.6 is 0 Å². The molecule has 1 aliphatic carbocycles. The number of carboxylic acid groups (broad SMARTS) is 1. The Bertz CT molecular complexity index is 241. The van der Waals surface area contributed by atoms with Gasteiger partial charge in [0, 0.05) is 12.5 Å². The quantitative estimate of drug-likeness (QED) is 0.726. The summed E-state index contributed by atoms with van der Waals surface area (Å²) in [7, 11) is 2.18. The zero-order valence-electron chi connectivity index (χ0n) is 11.5. The summed E-state index contributed by atoms with van der Waals surface area (Å²) < 4.78 is 0. The lowest BCUT2D eigenvalue weighted by molar-refractivity contribution is -0.137. The predicted molar refractivity (Wildman–Crippen MR) is 70.2 cm³/mol. The first-order chi connectivity index (χ1) is 7.91. The number of hydrogen-bond acceptors (Lipinski definition) is 2. The molecule has 0 atom stereocenters. The fraction of sp³-hybridized carbons (Fsp3) is 0.929. The highest BCUT2D eigenvalue weighted by molar-refractivity contribution is 5.66. The molecule has 1 aliphatic rings. The van der Waals surface area contributed by atoms with Gasteiger partial charge in [-0.3, -0.25) is 4.79 Å². The van der Waals surface area contributed by atoms with Gasteiger partial charge in [0.1, 0.15) is 0 Å². The first-order valence-corrected chi connectivity index (χ1v) is 6.83. The molecule has 0 spiro atoms. The minimum Gasteiger partial charge on any atom is -0.481 e. The van der Waals surface area contributed by atoms with Crippen molar-refractivity contribution >= 4 is 5.97 Å². The number of nitrogens with zero attached hydrogens (tertiary/aromatic N) is 1. The maximum absolute atomic E-state index is 10.4. The molecule has 0 aliphatic heterocycles. The Morgan fingerprint density at radius 2 is 1.88 bits per heavy atom. The maximum atomic E-state index is 10.4. The Morgan fingerprint density at radius 3 is 2.41 bits per heavy atom. The van der Waals surface area contributed by atoms with E-state index in [-0.39, 0.29) is 0 Å². The second kappa shape index (κ2) is 6.39. The molecule has 17 heavy (non-hydrogen) atoms. The van der Waals surface area contributed by atoms with Crippen LogP contribution in [0.3, 0.4) is 0 Å². The van der Waals surface area contributed by atoms with E-state index in [1.165, 1.54) is 25.7 Å². The molecule has 1 fully saturated rings. The molecule has 0 amide bonds. The number of aliphatic carboxylic acids is 1. The van der Waals surface area contributed by atoms with E-state index in [9.17, 15) is 4.79 Å². The lowest BCUT2D eigenvalue weighted by Gasteiger charge is -2.38. The molecule has 0 aromatic rings. The van der Waals surface area contributed by atoms with Crippen molar-refractivity contribution in [1.82, 2.24) is 4.90 Å². The van der Waals surface area contributed by atoms with Crippen molar-refractivity contribution in [2.45, 2.75) is 64.8 Å². The summed E-state index contributed by atoms with van der Waals surface area (Å²) in [6.07, 6.45) is 7.34. The Morgan fingerprint density at radius 1 is 1.29 bits per heavy atom. The molecule has 1 N–H and O–H groups in total. The molecule has 0 unspecified atom stereocenters. The summed E-state index contributed by atoms with van der Waals surface area (Å²) in [6, 6.07) is 0.716. The zero-order chi connectivity index (χ0) is 12.9. The van der Waals surface area contributed by atoms with Gasteiger partial charge >= 0.3 is 5.97 Å². The molecule has 100 valence electrons. The van der Waals surface area contributed by atoms with Gasteiger partial charge in [0.15, 0.2) is 0 Å². The Balaban J connectivity index is 2.16. The zero-order valence-corrected chi connectivity index (χ0v) is 11.5. The van der Waals surface area contributed by atoms with Gasteiger partial charge < -0.3 is 10.0 Å². The van der Waals surface area contributed by atoms with E-state index in [0.29, 0.717) is 17.9 Å². The van der Waals surface area contributed by atoms with Gasteiger partial charge in [0.2, 0.25) is 0 Å². The molecule has 0 aromatic carbocycles. The Hall–Kier alpha value is -0.570. The molecule has 3 nitrogen and oxygen atoms in total. The van der Waals surface area contributed by atoms with E-state index < -0.39 is 5.97 Å². The summed E-state index contributed by atoms with van der Waals surface area (Å²) in [5.41, 5.74) is 0.528. The van der Waals surface area contributed by atoms with Crippen molar-refractivity contribution in [3.8, 4) is 0 Å². The number of carboxylic acids is 1. The third-order valence-corrected chi connectivity index (χ3v) is 4.08. The molecule has 0 saturated heterocycles. The fourth-order valence-corrected chi connectivity index (χ4v) is 2.64. The third-order valence-electron chi connectivity index (χ3n) is 4.08. The van der Waals surface area contributed by atoms with Gasteiger partial charge in [-0.1, -0.05) is 13.8 Å². The molecule has 1 rings (SSSR count). The van der Waals surface area contributed by atoms with Crippen LogP contribution in [0.15, 0.2) is 0 Å². The van der Waals surface area contributed by atoms with Crippen molar-refractivity contribution in [2.75, 3.05) is 13.6 Å². The van der Waals surface area contributed by atoms with Gasteiger partial charge in [-0.25, -0.2) is 0 Å². The molecule has 0 radical (unpaired) electrons. The van der Waals surface area contributed by atoms with Crippen molar-refractivity contribution in [2.24, 2.45) is 5.41 Å². The van der Waals surface area contributed by atoms with E-state index in [0.717, 1.165) is 19.4 Å². The number of hydrogen-bond donors (Lipinski definition) is 1. The van der Waals surface area contributed by atoms with E-state index in [1.807, 2.05) is 0 Å². The summed E-state index contributed by atoms with van der Waals surface area (Å²) in [6.45, 7) is 5.75. The summed E-state index contributed by atoms with van der Waals surface area (Å²) >= 11 is 0. The van der Waals surface area contributed by atoms with E-state index >= 15 is 0 Å². The van der Waals surface area contributed by atoms with Crippen LogP contribution in [0.5, 0.6) is 0 Å². The average molecular weight is 241 g/mol. The largest absolute Gasteiger partial charge is 0.481 e. The monoisotopic (exact) mass is 241 g/mol. The van der Waals surface area contributed by atoms with Crippen LogP contribution in [0.4, 0.5) is 0 Å². The van der Waals surface area contributed by atoms with Gasteiger partial charge in [-0.15, -0.1) is 0 Å². The predicted octanol–water partition coefficient (Wildman–Crippen LogP) is 3.14. The highest BCUT2D eigenvalue weighted by atomic mass is 16.4. The third kappa shape index (κ3) is 5.53. The number of rotatable bonds is 6. The summed E-state index contributed by atoms with van der Waals surface area (Å²) in [5, 5.41) is 8.57. The van der Waals surface area contributed by atoms with Crippen LogP contribution in [-0.4, -0.2) is 35.6 Å². The smallest absolute Gasteiger partial charge is 0.303 e. The SMILES string of the molecule is CN(CCCCC(=O)O)C1CCC(C)(C)CC1. The summed E-state index contributed by atoms with van der Waals surface area (Å²) in [5.74, 6) is -0.674. The van der Waals surface area contributed by atoms with Gasteiger partial charge in [0.05, 0.1) is 0 Å². The molecule has 0 bridgehead atoms. The lowest BCUT2D eigenvalue weighted by Crippen LogP contribution is -2.37. The fourth-order valence-electron chi connectivity index (χ4n) is 2.64. The van der Waals surface area contributed by atoms with E-state index in [4.69, 9.17) is 5.11 Å². The van der Waals surface area contributed by atoms with Gasteiger partial charge in [-0.2, -0.15) is 0 Å². The Kier molecular flexibility index (Phi) is 5.44.